The zero-order chi connectivity index (χ0) is 17.1. The Kier molecular flexibility index (Phi) is 5.17. The lowest BCUT2D eigenvalue weighted by Crippen LogP contribution is -2.12. The number of methoxy groups -OCH3 is 1. The topological polar surface area (TPSA) is 64.1 Å². The summed E-state index contributed by atoms with van der Waals surface area (Å²) >= 11 is 2.60. The maximum absolute atomic E-state index is 14.2. The summed E-state index contributed by atoms with van der Waals surface area (Å²) in [5.74, 6) is -0.669. The third-order valence-electron chi connectivity index (χ3n) is 3.41. The van der Waals surface area contributed by atoms with E-state index in [-0.39, 0.29) is 18.3 Å². The van der Waals surface area contributed by atoms with Gasteiger partial charge >= 0.3 is 0 Å². The number of thiophene rings is 1. The largest absolute Gasteiger partial charge is 0.380 e. The minimum Gasteiger partial charge on any atom is -0.380 e. The molecule has 0 saturated heterocycles. The number of nitrogens with one attached hydrogen (secondary N) is 1. The maximum atomic E-state index is 14.2. The molecule has 8 heteroatoms. The van der Waals surface area contributed by atoms with Crippen LogP contribution in [0.15, 0.2) is 18.2 Å². The smallest absolute Gasteiger partial charge is 0.267 e. The minimum absolute atomic E-state index is 0.168. The van der Waals surface area contributed by atoms with Crippen LogP contribution in [0.5, 0.6) is 0 Å². The molecule has 0 fully saturated rings. The highest BCUT2D eigenvalue weighted by molar-refractivity contribution is 7.21. The molecule has 0 aliphatic rings. The van der Waals surface area contributed by atoms with Crippen LogP contribution in [0.1, 0.15) is 33.6 Å². The first-order valence-electron chi connectivity index (χ1n) is 7.46. The summed E-state index contributed by atoms with van der Waals surface area (Å²) in [5, 5.41) is 12.6. The predicted octanol–water partition coefficient (Wildman–Crippen LogP) is 4.24. The third kappa shape index (κ3) is 3.31. The molecule has 0 atom stereocenters. The van der Waals surface area contributed by atoms with Gasteiger partial charge in [-0.05, 0) is 18.6 Å². The van der Waals surface area contributed by atoms with Crippen molar-refractivity contribution in [3.63, 3.8) is 0 Å². The quantitative estimate of drug-likeness (QED) is 0.709. The van der Waals surface area contributed by atoms with Crippen LogP contribution in [0.25, 0.3) is 10.1 Å². The molecule has 2 aromatic heterocycles. The van der Waals surface area contributed by atoms with Crippen LogP contribution in [0, 0.1) is 5.82 Å². The van der Waals surface area contributed by atoms with E-state index in [1.807, 2.05) is 0 Å². The highest BCUT2D eigenvalue weighted by Gasteiger charge is 2.21. The third-order valence-corrected chi connectivity index (χ3v) is 5.50. The maximum Gasteiger partial charge on any atom is 0.267 e. The van der Waals surface area contributed by atoms with Crippen molar-refractivity contribution in [1.82, 2.24) is 10.2 Å². The lowest BCUT2D eigenvalue weighted by atomic mass is 10.1. The molecule has 3 rings (SSSR count). The molecular formula is C16H16FN3O2S2. The molecule has 5 nitrogen and oxygen atoms in total. The van der Waals surface area contributed by atoms with Crippen molar-refractivity contribution in [3.05, 3.63) is 39.5 Å². The Balaban J connectivity index is 1.93. The molecule has 1 N–H and O–H groups in total. The number of nitrogens with zero attached hydrogens (tertiary/aromatic N) is 2. The van der Waals surface area contributed by atoms with Crippen molar-refractivity contribution in [1.29, 1.82) is 0 Å². The van der Waals surface area contributed by atoms with Gasteiger partial charge in [0.1, 0.15) is 10.8 Å². The highest BCUT2D eigenvalue weighted by atomic mass is 32.1. The molecule has 0 saturated carbocycles. The fourth-order valence-electron chi connectivity index (χ4n) is 2.41. The summed E-state index contributed by atoms with van der Waals surface area (Å²) in [6.07, 6.45) is 1.80. The van der Waals surface area contributed by atoms with Gasteiger partial charge in [-0.1, -0.05) is 24.3 Å². The van der Waals surface area contributed by atoms with Gasteiger partial charge in [-0.15, -0.1) is 21.5 Å². The number of hydrogen-bond donors (Lipinski definition) is 1. The van der Waals surface area contributed by atoms with Gasteiger partial charge in [0.15, 0.2) is 0 Å². The van der Waals surface area contributed by atoms with Gasteiger partial charge in [-0.25, -0.2) is 4.39 Å². The fraction of sp³-hybridized carbons (Fsp3) is 0.312. The molecule has 0 bridgehead atoms. The van der Waals surface area contributed by atoms with Crippen molar-refractivity contribution < 1.29 is 13.9 Å². The van der Waals surface area contributed by atoms with Gasteiger partial charge < -0.3 is 4.74 Å². The van der Waals surface area contributed by atoms with E-state index in [4.69, 9.17) is 4.74 Å². The summed E-state index contributed by atoms with van der Waals surface area (Å²) in [7, 11) is 1.52. The Morgan fingerprint density at radius 3 is 2.92 bits per heavy atom. The van der Waals surface area contributed by atoms with Gasteiger partial charge in [0.2, 0.25) is 5.13 Å². The first-order chi connectivity index (χ1) is 11.6. The SMILES string of the molecule is CCCc1nnc(NC(=O)c2sc3cccc(F)c3c2COC)s1. The first-order valence-corrected chi connectivity index (χ1v) is 9.09. The normalized spacial score (nSPS) is 11.1. The number of anilines is 1. The number of amides is 1. The van der Waals surface area contributed by atoms with Crippen molar-refractivity contribution >= 4 is 43.8 Å². The van der Waals surface area contributed by atoms with E-state index >= 15 is 0 Å². The average molecular weight is 365 g/mol. The number of fused-ring (bicyclic) bond motifs is 1. The molecule has 0 spiro atoms. The molecule has 1 aromatic carbocycles. The molecule has 0 aliphatic heterocycles. The van der Waals surface area contributed by atoms with E-state index < -0.39 is 0 Å². The zero-order valence-corrected chi connectivity index (χ0v) is 14.9. The van der Waals surface area contributed by atoms with Crippen molar-refractivity contribution in [2.45, 2.75) is 26.4 Å². The summed E-state index contributed by atoms with van der Waals surface area (Å²) < 4.78 is 20.0. The number of hydrogen-bond acceptors (Lipinski definition) is 6. The molecule has 0 aliphatic carbocycles. The Morgan fingerprint density at radius 1 is 1.33 bits per heavy atom. The lowest BCUT2D eigenvalue weighted by molar-refractivity contribution is 0.102. The second-order valence-electron chi connectivity index (χ2n) is 5.16. The van der Waals surface area contributed by atoms with E-state index in [2.05, 4.69) is 22.4 Å². The molecule has 0 unspecified atom stereocenters. The van der Waals surface area contributed by atoms with Gasteiger partial charge in [-0.3, -0.25) is 10.1 Å². The molecule has 0 radical (unpaired) electrons. The Morgan fingerprint density at radius 2 is 2.17 bits per heavy atom. The van der Waals surface area contributed by atoms with Crippen molar-refractivity contribution in [2.24, 2.45) is 0 Å². The van der Waals surface area contributed by atoms with Crippen LogP contribution in [-0.2, 0) is 17.8 Å². The summed E-state index contributed by atoms with van der Waals surface area (Å²) in [4.78, 5) is 13.1. The predicted molar refractivity (Wildman–Crippen MR) is 94.4 cm³/mol. The Labute approximate surface area is 146 Å². The summed E-state index contributed by atoms with van der Waals surface area (Å²) in [6, 6.07) is 4.81. The molecule has 24 heavy (non-hydrogen) atoms. The molecule has 1 amide bonds. The van der Waals surface area contributed by atoms with E-state index in [9.17, 15) is 9.18 Å². The van der Waals surface area contributed by atoms with Gasteiger partial charge in [0.05, 0.1) is 11.5 Å². The van der Waals surface area contributed by atoms with Crippen LogP contribution in [0.4, 0.5) is 9.52 Å². The van der Waals surface area contributed by atoms with Crippen molar-refractivity contribution in [2.75, 3.05) is 12.4 Å². The number of rotatable bonds is 6. The van der Waals surface area contributed by atoms with Crippen LogP contribution in [-0.4, -0.2) is 23.2 Å². The highest BCUT2D eigenvalue weighted by Crippen LogP contribution is 2.34. The monoisotopic (exact) mass is 365 g/mol. The van der Waals surface area contributed by atoms with E-state index in [1.165, 1.54) is 35.8 Å². The second kappa shape index (κ2) is 7.33. The number of aromatic nitrogens is 2. The first kappa shape index (κ1) is 16.9. The lowest BCUT2D eigenvalue weighted by Gasteiger charge is -2.03. The average Bonchev–Trinajstić information content (AvgIpc) is 3.14. The number of benzene rings is 1. The molecule has 126 valence electrons. The number of aryl methyl sites for hydroxylation is 1. The number of carbonyl (C=O) groups excluding carboxylic acids is 1. The van der Waals surface area contributed by atoms with Gasteiger partial charge in [0.25, 0.3) is 5.91 Å². The molecular weight excluding hydrogens is 349 g/mol. The van der Waals surface area contributed by atoms with Crippen LogP contribution in [0.2, 0.25) is 0 Å². The van der Waals surface area contributed by atoms with Crippen LogP contribution < -0.4 is 5.32 Å². The standard InChI is InChI=1S/C16H16FN3O2S2/c1-3-5-12-19-20-16(24-12)18-15(21)14-9(8-22-2)13-10(17)6-4-7-11(13)23-14/h4,6-7H,3,5,8H2,1-2H3,(H,18,20,21). The Bertz CT molecular complexity index is 875. The Hall–Kier alpha value is -1.90. The summed E-state index contributed by atoms with van der Waals surface area (Å²) in [5.41, 5.74) is 0.561. The number of halogens is 1. The minimum atomic E-state index is -0.351. The zero-order valence-electron chi connectivity index (χ0n) is 13.3. The van der Waals surface area contributed by atoms with E-state index in [0.29, 0.717) is 21.0 Å². The van der Waals surface area contributed by atoms with E-state index in [1.54, 1.807) is 12.1 Å². The second-order valence-corrected chi connectivity index (χ2v) is 7.28. The van der Waals surface area contributed by atoms with Crippen molar-refractivity contribution in [3.8, 4) is 0 Å². The summed E-state index contributed by atoms with van der Waals surface area (Å²) in [6.45, 7) is 2.23. The van der Waals surface area contributed by atoms with Gasteiger partial charge in [0, 0.05) is 29.2 Å². The molecule has 2 heterocycles. The molecule has 3 aromatic rings. The fourth-order valence-corrected chi connectivity index (χ4v) is 4.36. The van der Waals surface area contributed by atoms with E-state index in [0.717, 1.165) is 22.5 Å². The van der Waals surface area contributed by atoms with Crippen LogP contribution >= 0.6 is 22.7 Å². The number of ether oxygens (including phenoxy) is 1. The number of carbonyl (C=O) groups is 1. The van der Waals surface area contributed by atoms with Crippen LogP contribution in [0.3, 0.4) is 0 Å². The van der Waals surface area contributed by atoms with Gasteiger partial charge in [-0.2, -0.15) is 0 Å².